The van der Waals surface area contributed by atoms with Crippen molar-refractivity contribution in [1.29, 1.82) is 0 Å². The van der Waals surface area contributed by atoms with Crippen LogP contribution in [0.15, 0.2) is 24.3 Å². The number of hydrogen-bond acceptors (Lipinski definition) is 3. The summed E-state index contributed by atoms with van der Waals surface area (Å²) in [5, 5.41) is 0. The Hall–Kier alpha value is -1.39. The van der Waals surface area contributed by atoms with Crippen LogP contribution in [0.2, 0.25) is 0 Å². The van der Waals surface area contributed by atoms with Gasteiger partial charge in [-0.15, -0.1) is 0 Å². The Morgan fingerprint density at radius 2 is 1.79 bits per heavy atom. The highest BCUT2D eigenvalue weighted by molar-refractivity contribution is 5.97. The molecule has 1 rings (SSSR count). The van der Waals surface area contributed by atoms with E-state index >= 15 is 0 Å². The normalized spacial score (nSPS) is 11.4. The average molecular weight is 194 g/mol. The summed E-state index contributed by atoms with van der Waals surface area (Å²) in [5.41, 5.74) is 6.82. The smallest absolute Gasteiger partial charge is 0.218 e. The fourth-order valence-corrected chi connectivity index (χ4v) is 1.13. The molecule has 0 fully saturated rings. The molecule has 4 heteroatoms. The Bertz CT molecular complexity index is 324. The number of nitrogens with zero attached hydrogens (tertiary/aromatic N) is 1. The molecule has 0 saturated carbocycles. The fraction of sp³-hybridized carbons (Fsp3) is 0.300. The molecule has 4 N–H and O–H groups in total. The second kappa shape index (κ2) is 3.77. The maximum Gasteiger partial charge on any atom is 0.218 e. The number of Topliss-reactive ketones (excluding diaryl/α,β-unsaturated/α-hetero) is 1. The first kappa shape index (κ1) is 10.7. The summed E-state index contributed by atoms with van der Waals surface area (Å²) in [6.07, 6.45) is 0. The highest BCUT2D eigenvalue weighted by Crippen LogP contribution is 2.07. The standard InChI is InChI=1S/C10H15N3O/c1-13(2,12)7-10(14)8-3-5-9(11)6-4-8/h3-6H,7,12H2,1-2H3,(H-,11,14)/p+1. The van der Waals surface area contributed by atoms with Crippen LogP contribution in [0.25, 0.3) is 0 Å². The summed E-state index contributed by atoms with van der Waals surface area (Å²) in [6, 6.07) is 6.86. The first-order valence-electron chi connectivity index (χ1n) is 4.39. The van der Waals surface area contributed by atoms with Gasteiger partial charge in [-0.1, -0.05) is 0 Å². The number of nitrogen functional groups attached to an aromatic ring is 1. The average Bonchev–Trinajstić information content (AvgIpc) is 2.02. The number of benzene rings is 1. The first-order chi connectivity index (χ1) is 6.38. The summed E-state index contributed by atoms with van der Waals surface area (Å²) in [6.45, 7) is 0.282. The number of rotatable bonds is 3. The minimum absolute atomic E-state index is 0.0255. The van der Waals surface area contributed by atoms with Gasteiger partial charge in [0, 0.05) is 11.3 Å². The molecule has 4 nitrogen and oxygen atoms in total. The van der Waals surface area contributed by atoms with E-state index < -0.39 is 0 Å². The van der Waals surface area contributed by atoms with Gasteiger partial charge in [-0.25, -0.2) is 4.59 Å². The second-order valence-electron chi connectivity index (χ2n) is 3.98. The molecule has 76 valence electrons. The molecule has 0 aliphatic rings. The van der Waals surface area contributed by atoms with Gasteiger partial charge in [-0.05, 0) is 24.3 Å². The molecule has 1 aromatic rings. The molecule has 0 unspecified atom stereocenters. The van der Waals surface area contributed by atoms with Crippen molar-refractivity contribution in [1.82, 2.24) is 0 Å². The van der Waals surface area contributed by atoms with Crippen LogP contribution in [0, 0.1) is 0 Å². The van der Waals surface area contributed by atoms with Gasteiger partial charge in [-0.3, -0.25) is 4.79 Å². The second-order valence-corrected chi connectivity index (χ2v) is 3.98. The van der Waals surface area contributed by atoms with Gasteiger partial charge >= 0.3 is 0 Å². The number of nitrogens with two attached hydrogens (primary N) is 2. The Morgan fingerprint density at radius 1 is 1.29 bits per heavy atom. The maximum absolute atomic E-state index is 11.6. The summed E-state index contributed by atoms with van der Waals surface area (Å²) in [5.74, 6) is 5.72. The Kier molecular flexibility index (Phi) is 2.88. The van der Waals surface area contributed by atoms with Crippen molar-refractivity contribution in [3.05, 3.63) is 29.8 Å². The molecule has 0 atom stereocenters. The van der Waals surface area contributed by atoms with E-state index in [0.717, 1.165) is 0 Å². The SMILES string of the molecule is C[N+](C)(N)CC(=O)c1ccc(N)cc1. The van der Waals surface area contributed by atoms with Gasteiger partial charge < -0.3 is 5.73 Å². The number of carbonyl (C=O) groups excluding carboxylic acids is 1. The van der Waals surface area contributed by atoms with Crippen molar-refractivity contribution in [2.45, 2.75) is 0 Å². The highest BCUT2D eigenvalue weighted by Gasteiger charge is 2.16. The minimum Gasteiger partial charge on any atom is -0.399 e. The van der Waals surface area contributed by atoms with E-state index in [1.165, 1.54) is 0 Å². The summed E-state index contributed by atoms with van der Waals surface area (Å²) >= 11 is 0. The lowest BCUT2D eigenvalue weighted by Gasteiger charge is -2.21. The molecule has 0 saturated heterocycles. The van der Waals surface area contributed by atoms with Gasteiger partial charge in [0.1, 0.15) is 0 Å². The summed E-state index contributed by atoms with van der Waals surface area (Å²) in [4.78, 5) is 11.6. The molecule has 0 bridgehead atoms. The summed E-state index contributed by atoms with van der Waals surface area (Å²) < 4.78 is 0.142. The van der Waals surface area contributed by atoms with Crippen molar-refractivity contribution in [3.63, 3.8) is 0 Å². The van der Waals surface area contributed by atoms with E-state index in [1.54, 1.807) is 38.4 Å². The molecule has 0 aliphatic heterocycles. The van der Waals surface area contributed by atoms with Crippen LogP contribution in [0.1, 0.15) is 10.4 Å². The van der Waals surface area contributed by atoms with Crippen LogP contribution in [-0.2, 0) is 0 Å². The monoisotopic (exact) mass is 194 g/mol. The highest BCUT2D eigenvalue weighted by atomic mass is 16.1. The van der Waals surface area contributed by atoms with Crippen LogP contribution in [0.4, 0.5) is 5.69 Å². The van der Waals surface area contributed by atoms with Gasteiger partial charge in [0.05, 0.1) is 14.1 Å². The van der Waals surface area contributed by atoms with Gasteiger partial charge in [0.2, 0.25) is 5.78 Å². The van der Waals surface area contributed by atoms with Crippen molar-refractivity contribution in [3.8, 4) is 0 Å². The minimum atomic E-state index is 0.0255. The zero-order valence-corrected chi connectivity index (χ0v) is 8.53. The molecular weight excluding hydrogens is 178 g/mol. The van der Waals surface area contributed by atoms with Crippen molar-refractivity contribution < 1.29 is 9.39 Å². The molecule has 0 heterocycles. The predicted molar refractivity (Wildman–Crippen MR) is 56.3 cm³/mol. The molecule has 0 aromatic heterocycles. The lowest BCUT2D eigenvalue weighted by Crippen LogP contribution is -2.50. The van der Waals surface area contributed by atoms with Crippen LogP contribution >= 0.6 is 0 Å². The predicted octanol–water partition coefficient (Wildman–Crippen LogP) is 0.402. The molecule has 0 radical (unpaired) electrons. The zero-order chi connectivity index (χ0) is 10.8. The molecule has 1 aromatic carbocycles. The Morgan fingerprint density at radius 3 is 2.21 bits per heavy atom. The van der Waals surface area contributed by atoms with Gasteiger partial charge in [0.15, 0.2) is 6.54 Å². The number of hydrogen-bond donors (Lipinski definition) is 2. The topological polar surface area (TPSA) is 69.1 Å². The maximum atomic E-state index is 11.6. The van der Waals surface area contributed by atoms with Crippen LogP contribution in [0.5, 0.6) is 0 Å². The first-order valence-corrected chi connectivity index (χ1v) is 4.39. The zero-order valence-electron chi connectivity index (χ0n) is 8.53. The molecule has 0 aliphatic carbocycles. The van der Waals surface area contributed by atoms with E-state index in [9.17, 15) is 4.79 Å². The van der Waals surface area contributed by atoms with E-state index in [4.69, 9.17) is 11.6 Å². The largest absolute Gasteiger partial charge is 0.399 e. The van der Waals surface area contributed by atoms with E-state index in [0.29, 0.717) is 11.3 Å². The van der Waals surface area contributed by atoms with E-state index in [-0.39, 0.29) is 16.9 Å². The van der Waals surface area contributed by atoms with E-state index in [1.807, 2.05) is 0 Å². The van der Waals surface area contributed by atoms with Crippen molar-refractivity contribution in [2.75, 3.05) is 26.4 Å². The number of anilines is 1. The van der Waals surface area contributed by atoms with Gasteiger partial charge in [-0.2, -0.15) is 5.84 Å². The number of likely N-dealkylation sites (N-methyl/N-ethyl adjacent to an activating group) is 1. The fourth-order valence-electron chi connectivity index (χ4n) is 1.13. The molecule has 0 amide bonds. The summed E-state index contributed by atoms with van der Waals surface area (Å²) in [7, 11) is 3.55. The third-order valence-corrected chi connectivity index (χ3v) is 1.78. The van der Waals surface area contributed by atoms with Crippen molar-refractivity contribution in [2.24, 2.45) is 5.84 Å². The van der Waals surface area contributed by atoms with Crippen molar-refractivity contribution >= 4 is 11.5 Å². The third kappa shape index (κ3) is 3.16. The number of ketones is 1. The van der Waals surface area contributed by atoms with Crippen LogP contribution < -0.4 is 11.6 Å². The van der Waals surface area contributed by atoms with Crippen LogP contribution in [-0.4, -0.2) is 31.0 Å². The Balaban J connectivity index is 2.76. The number of carbonyl (C=O) groups is 1. The van der Waals surface area contributed by atoms with E-state index in [2.05, 4.69) is 0 Å². The molecule has 14 heavy (non-hydrogen) atoms. The molecule has 0 spiro atoms. The number of quaternary nitrogens is 1. The third-order valence-electron chi connectivity index (χ3n) is 1.78. The Labute approximate surface area is 83.7 Å². The lowest BCUT2D eigenvalue weighted by molar-refractivity contribution is -0.893. The quantitative estimate of drug-likeness (QED) is 0.240. The molecular formula is C10H16N3O+. The lowest BCUT2D eigenvalue weighted by atomic mass is 10.1. The van der Waals surface area contributed by atoms with Gasteiger partial charge in [0.25, 0.3) is 0 Å². The van der Waals surface area contributed by atoms with Crippen LogP contribution in [0.3, 0.4) is 0 Å².